The fraction of sp³-hybridized carbons (Fsp3) is 0.938. The van der Waals surface area contributed by atoms with Crippen molar-refractivity contribution >= 4 is 5.91 Å². The quantitative estimate of drug-likeness (QED) is 0.813. The minimum absolute atomic E-state index is 0.303. The molecule has 1 N–H and O–H groups in total. The molecule has 4 heteroatoms. The zero-order valence-corrected chi connectivity index (χ0v) is 12.9. The van der Waals surface area contributed by atoms with Crippen LogP contribution in [0.25, 0.3) is 0 Å². The van der Waals surface area contributed by atoms with Crippen LogP contribution < -0.4 is 5.32 Å². The first kappa shape index (κ1) is 15.8. The van der Waals surface area contributed by atoms with Crippen LogP contribution in [0.5, 0.6) is 0 Å². The van der Waals surface area contributed by atoms with Crippen molar-refractivity contribution in [2.75, 3.05) is 26.2 Å². The fourth-order valence-electron chi connectivity index (χ4n) is 3.38. The minimum Gasteiger partial charge on any atom is -0.378 e. The average Bonchev–Trinajstić information content (AvgIpc) is 2.49. The van der Waals surface area contributed by atoms with Gasteiger partial charge in [0.2, 0.25) is 5.91 Å². The summed E-state index contributed by atoms with van der Waals surface area (Å²) in [6.07, 6.45) is 9.03. The van der Waals surface area contributed by atoms with E-state index in [0.717, 1.165) is 38.9 Å². The zero-order chi connectivity index (χ0) is 14.2. The normalized spacial score (nSPS) is 24.9. The molecule has 0 aromatic heterocycles. The summed E-state index contributed by atoms with van der Waals surface area (Å²) in [6, 6.07) is 0.486. The van der Waals surface area contributed by atoms with E-state index in [2.05, 4.69) is 17.1 Å². The van der Waals surface area contributed by atoms with Crippen LogP contribution in [0, 0.1) is 0 Å². The van der Waals surface area contributed by atoms with Crippen LogP contribution in [-0.4, -0.2) is 49.2 Å². The smallest absolute Gasteiger partial charge is 0.225 e. The molecule has 2 aliphatic rings. The van der Waals surface area contributed by atoms with Crippen molar-refractivity contribution in [2.24, 2.45) is 0 Å². The summed E-state index contributed by atoms with van der Waals surface area (Å²) in [4.78, 5) is 14.5. The van der Waals surface area contributed by atoms with E-state index in [4.69, 9.17) is 4.74 Å². The third-order valence-electron chi connectivity index (χ3n) is 4.53. The van der Waals surface area contributed by atoms with Crippen LogP contribution in [0.3, 0.4) is 0 Å². The maximum Gasteiger partial charge on any atom is 0.225 e. The predicted molar refractivity (Wildman–Crippen MR) is 80.7 cm³/mol. The standard InChI is InChI=1S/C16H30N2O2/c1-2-5-14-6-3-4-12-18(14)16(19)9-13-20-15-7-10-17-11-8-15/h14-15,17H,2-13H2,1H3. The highest BCUT2D eigenvalue weighted by atomic mass is 16.5. The highest BCUT2D eigenvalue weighted by Crippen LogP contribution is 2.21. The first-order chi connectivity index (χ1) is 9.81. The third-order valence-corrected chi connectivity index (χ3v) is 4.53. The molecule has 0 spiro atoms. The van der Waals surface area contributed by atoms with Gasteiger partial charge in [0, 0.05) is 12.6 Å². The number of carbonyl (C=O) groups excluding carboxylic acids is 1. The molecule has 1 amide bonds. The predicted octanol–water partition coefficient (Wildman–Crippen LogP) is 2.33. The summed E-state index contributed by atoms with van der Waals surface area (Å²) in [7, 11) is 0. The summed E-state index contributed by atoms with van der Waals surface area (Å²) in [5, 5.41) is 3.33. The van der Waals surface area contributed by atoms with Crippen molar-refractivity contribution in [3.8, 4) is 0 Å². The van der Waals surface area contributed by atoms with Gasteiger partial charge in [-0.25, -0.2) is 0 Å². The Morgan fingerprint density at radius 2 is 2.05 bits per heavy atom. The van der Waals surface area contributed by atoms with Crippen LogP contribution in [-0.2, 0) is 9.53 Å². The van der Waals surface area contributed by atoms with E-state index < -0.39 is 0 Å². The van der Waals surface area contributed by atoms with E-state index in [9.17, 15) is 4.79 Å². The van der Waals surface area contributed by atoms with Crippen LogP contribution in [0.2, 0.25) is 0 Å². The first-order valence-corrected chi connectivity index (χ1v) is 8.43. The van der Waals surface area contributed by atoms with Gasteiger partial charge >= 0.3 is 0 Å². The summed E-state index contributed by atoms with van der Waals surface area (Å²) in [5.74, 6) is 0.303. The zero-order valence-electron chi connectivity index (χ0n) is 12.9. The van der Waals surface area contributed by atoms with Gasteiger partial charge in [0.25, 0.3) is 0 Å². The third kappa shape index (κ3) is 4.74. The second-order valence-corrected chi connectivity index (χ2v) is 6.10. The Morgan fingerprint density at radius 1 is 1.25 bits per heavy atom. The van der Waals surface area contributed by atoms with Gasteiger partial charge in [-0.2, -0.15) is 0 Å². The number of likely N-dealkylation sites (tertiary alicyclic amines) is 1. The molecule has 0 aromatic carbocycles. The van der Waals surface area contributed by atoms with Crippen molar-refractivity contribution in [1.29, 1.82) is 0 Å². The van der Waals surface area contributed by atoms with Crippen molar-refractivity contribution in [2.45, 2.75) is 70.4 Å². The molecule has 0 aliphatic carbocycles. The molecule has 0 aromatic rings. The number of nitrogens with one attached hydrogen (secondary N) is 1. The average molecular weight is 282 g/mol. The van der Waals surface area contributed by atoms with E-state index in [1.165, 1.54) is 25.7 Å². The van der Waals surface area contributed by atoms with Crippen LogP contribution in [0.1, 0.15) is 58.3 Å². The van der Waals surface area contributed by atoms with Gasteiger partial charge in [-0.1, -0.05) is 13.3 Å². The number of nitrogens with zero attached hydrogens (tertiary/aromatic N) is 1. The highest BCUT2D eigenvalue weighted by Gasteiger charge is 2.25. The fourth-order valence-corrected chi connectivity index (χ4v) is 3.38. The lowest BCUT2D eigenvalue weighted by molar-refractivity contribution is -0.136. The SMILES string of the molecule is CCCC1CCCCN1C(=O)CCOC1CCNCC1. The molecule has 2 aliphatic heterocycles. The molecule has 0 bridgehead atoms. The van der Waals surface area contributed by atoms with Gasteiger partial charge in [0.05, 0.1) is 19.1 Å². The molecular formula is C16H30N2O2. The molecule has 20 heavy (non-hydrogen) atoms. The molecular weight excluding hydrogens is 252 g/mol. The molecule has 4 nitrogen and oxygen atoms in total. The Bertz CT molecular complexity index is 288. The molecule has 2 saturated heterocycles. The van der Waals surface area contributed by atoms with E-state index in [-0.39, 0.29) is 0 Å². The van der Waals surface area contributed by atoms with Crippen LogP contribution in [0.4, 0.5) is 0 Å². The number of hydrogen-bond acceptors (Lipinski definition) is 3. The molecule has 0 saturated carbocycles. The Balaban J connectivity index is 1.69. The lowest BCUT2D eigenvalue weighted by Gasteiger charge is -2.36. The van der Waals surface area contributed by atoms with Gasteiger partial charge in [-0.15, -0.1) is 0 Å². The van der Waals surface area contributed by atoms with Crippen LogP contribution in [0.15, 0.2) is 0 Å². The number of rotatable bonds is 6. The number of amides is 1. The molecule has 2 heterocycles. The number of hydrogen-bond donors (Lipinski definition) is 1. The molecule has 1 unspecified atom stereocenters. The summed E-state index contributed by atoms with van der Waals surface area (Å²) < 4.78 is 5.85. The highest BCUT2D eigenvalue weighted by molar-refractivity contribution is 5.76. The van der Waals surface area contributed by atoms with Crippen molar-refractivity contribution < 1.29 is 9.53 Å². The molecule has 1 atom stereocenters. The Hall–Kier alpha value is -0.610. The second-order valence-electron chi connectivity index (χ2n) is 6.10. The van der Waals surface area contributed by atoms with Gasteiger partial charge in [-0.05, 0) is 51.6 Å². The summed E-state index contributed by atoms with van der Waals surface area (Å²) >= 11 is 0. The van der Waals surface area contributed by atoms with Gasteiger partial charge in [0.15, 0.2) is 0 Å². The van der Waals surface area contributed by atoms with Crippen molar-refractivity contribution in [3.05, 3.63) is 0 Å². The number of piperidine rings is 2. The maximum absolute atomic E-state index is 12.4. The molecule has 2 fully saturated rings. The summed E-state index contributed by atoms with van der Waals surface area (Å²) in [5.41, 5.74) is 0. The summed E-state index contributed by atoms with van der Waals surface area (Å²) in [6.45, 7) is 5.85. The van der Waals surface area contributed by atoms with Crippen molar-refractivity contribution in [1.82, 2.24) is 10.2 Å². The minimum atomic E-state index is 0.303. The lowest BCUT2D eigenvalue weighted by atomic mass is 9.98. The van der Waals surface area contributed by atoms with E-state index in [0.29, 0.717) is 31.1 Å². The molecule has 2 rings (SSSR count). The molecule has 0 radical (unpaired) electrons. The number of carbonyl (C=O) groups is 1. The Morgan fingerprint density at radius 3 is 2.80 bits per heavy atom. The number of ether oxygens (including phenoxy) is 1. The topological polar surface area (TPSA) is 41.6 Å². The lowest BCUT2D eigenvalue weighted by Crippen LogP contribution is -2.44. The van der Waals surface area contributed by atoms with E-state index in [1.807, 2.05) is 0 Å². The van der Waals surface area contributed by atoms with Crippen molar-refractivity contribution in [3.63, 3.8) is 0 Å². The van der Waals surface area contributed by atoms with E-state index in [1.54, 1.807) is 0 Å². The first-order valence-electron chi connectivity index (χ1n) is 8.43. The van der Waals surface area contributed by atoms with Gasteiger partial charge in [0.1, 0.15) is 0 Å². The van der Waals surface area contributed by atoms with Crippen LogP contribution >= 0.6 is 0 Å². The monoisotopic (exact) mass is 282 g/mol. The van der Waals surface area contributed by atoms with Gasteiger partial charge < -0.3 is 15.0 Å². The second kappa shape index (κ2) is 8.63. The molecule has 116 valence electrons. The largest absolute Gasteiger partial charge is 0.378 e. The van der Waals surface area contributed by atoms with Gasteiger partial charge in [-0.3, -0.25) is 4.79 Å². The Labute approximate surface area is 123 Å². The Kier molecular flexibility index (Phi) is 6.80. The van der Waals surface area contributed by atoms with E-state index >= 15 is 0 Å². The maximum atomic E-state index is 12.4.